The molecule has 1 aromatic carbocycles. The van der Waals surface area contributed by atoms with Crippen molar-refractivity contribution in [1.29, 1.82) is 0 Å². The van der Waals surface area contributed by atoms with Crippen molar-refractivity contribution in [1.82, 2.24) is 4.90 Å². The molecule has 0 bridgehead atoms. The van der Waals surface area contributed by atoms with Crippen LogP contribution in [0.1, 0.15) is 12.8 Å². The van der Waals surface area contributed by atoms with Gasteiger partial charge in [0.2, 0.25) is 10.0 Å². The van der Waals surface area contributed by atoms with E-state index in [1.54, 1.807) is 0 Å². The van der Waals surface area contributed by atoms with E-state index in [0.29, 0.717) is 25.9 Å². The highest BCUT2D eigenvalue weighted by molar-refractivity contribution is 7.89. The summed E-state index contributed by atoms with van der Waals surface area (Å²) in [7, 11) is -1.87. The number of rotatable bonds is 4. The van der Waals surface area contributed by atoms with Gasteiger partial charge in [0.1, 0.15) is 18.0 Å². The molecule has 1 heterocycles. The summed E-state index contributed by atoms with van der Waals surface area (Å²) in [4.78, 5) is 1.96. The van der Waals surface area contributed by atoms with Crippen molar-refractivity contribution in [2.24, 2.45) is 5.14 Å². The molecule has 21 heavy (non-hydrogen) atoms. The molecular weight excluding hydrogens is 319 g/mol. The Morgan fingerprint density at radius 2 is 2.05 bits per heavy atom. The molecule has 2 N–H and O–H groups in total. The van der Waals surface area contributed by atoms with Gasteiger partial charge in [-0.05, 0) is 38.1 Å². The van der Waals surface area contributed by atoms with Gasteiger partial charge in [-0.15, -0.1) is 0 Å². The maximum atomic E-state index is 14.5. The second kappa shape index (κ2) is 6.08. The Bertz CT molecular complexity index is 616. The number of likely N-dealkylation sites (tertiary alicyclic amines) is 1. The number of hydrogen-bond acceptors (Lipinski definition) is 4. The van der Waals surface area contributed by atoms with Crippen molar-refractivity contribution in [3.05, 3.63) is 23.2 Å². The lowest BCUT2D eigenvalue weighted by Gasteiger charge is -2.34. The molecule has 1 aromatic rings. The summed E-state index contributed by atoms with van der Waals surface area (Å²) in [6, 6.07) is 3.88. The minimum Gasteiger partial charge on any atom is -0.489 e. The Hall–Kier alpha value is -0.890. The number of hydrogen-bond donors (Lipinski definition) is 1. The van der Waals surface area contributed by atoms with E-state index in [1.165, 1.54) is 18.2 Å². The lowest BCUT2D eigenvalue weighted by molar-refractivity contribution is 0.0245. The number of sulfonamides is 1. The van der Waals surface area contributed by atoms with Crippen LogP contribution in [-0.4, -0.2) is 45.7 Å². The summed E-state index contributed by atoms with van der Waals surface area (Å²) >= 11 is 5.95. The number of nitrogens with zero attached hydrogens (tertiary/aromatic N) is 1. The van der Waals surface area contributed by atoms with E-state index >= 15 is 0 Å². The van der Waals surface area contributed by atoms with Crippen molar-refractivity contribution in [3.63, 3.8) is 0 Å². The first-order chi connectivity index (χ1) is 9.70. The molecule has 1 fully saturated rings. The van der Waals surface area contributed by atoms with E-state index < -0.39 is 15.7 Å². The molecular formula is C13H18ClFN2O3S. The van der Waals surface area contributed by atoms with E-state index in [9.17, 15) is 12.8 Å². The fraction of sp³-hybridized carbons (Fsp3) is 0.538. The van der Waals surface area contributed by atoms with E-state index in [4.69, 9.17) is 21.5 Å². The number of ether oxygens (including phenoxy) is 1. The zero-order valence-electron chi connectivity index (χ0n) is 11.7. The van der Waals surface area contributed by atoms with E-state index in [0.717, 1.165) is 0 Å². The van der Waals surface area contributed by atoms with Gasteiger partial charge in [-0.25, -0.2) is 17.9 Å². The highest BCUT2D eigenvalue weighted by Crippen LogP contribution is 2.31. The maximum absolute atomic E-state index is 14.5. The average molecular weight is 337 g/mol. The summed E-state index contributed by atoms with van der Waals surface area (Å²) in [6.45, 7) is 1.26. The molecule has 0 saturated carbocycles. The largest absolute Gasteiger partial charge is 0.489 e. The Morgan fingerprint density at radius 3 is 2.57 bits per heavy atom. The summed E-state index contributed by atoms with van der Waals surface area (Å²) in [5.41, 5.74) is -1.38. The molecule has 1 aliphatic heterocycles. The molecule has 118 valence electrons. The van der Waals surface area contributed by atoms with Crippen LogP contribution in [0.25, 0.3) is 0 Å². The maximum Gasteiger partial charge on any atom is 0.238 e. The lowest BCUT2D eigenvalue weighted by Crippen LogP contribution is -2.43. The van der Waals surface area contributed by atoms with Crippen molar-refractivity contribution >= 4 is 21.6 Å². The third kappa shape index (κ3) is 4.29. The highest BCUT2D eigenvalue weighted by Gasteiger charge is 2.34. The van der Waals surface area contributed by atoms with Gasteiger partial charge in [0.05, 0.1) is 9.92 Å². The minimum absolute atomic E-state index is 0.0954. The number of alkyl halides is 1. The topological polar surface area (TPSA) is 72.6 Å². The normalized spacial score (nSPS) is 19.4. The molecule has 1 aliphatic rings. The smallest absolute Gasteiger partial charge is 0.238 e. The van der Waals surface area contributed by atoms with Crippen LogP contribution in [0.15, 0.2) is 23.1 Å². The van der Waals surface area contributed by atoms with Crippen LogP contribution in [0.2, 0.25) is 5.02 Å². The Labute approximate surface area is 128 Å². The van der Waals surface area contributed by atoms with E-state index in [2.05, 4.69) is 4.90 Å². The first-order valence-electron chi connectivity index (χ1n) is 6.52. The van der Waals surface area contributed by atoms with Gasteiger partial charge in [0, 0.05) is 13.1 Å². The predicted molar refractivity (Wildman–Crippen MR) is 78.9 cm³/mol. The summed E-state index contributed by atoms with van der Waals surface area (Å²) in [5, 5.41) is 5.10. The predicted octanol–water partition coefficient (Wildman–Crippen LogP) is 1.80. The van der Waals surface area contributed by atoms with Crippen LogP contribution >= 0.6 is 11.6 Å². The van der Waals surface area contributed by atoms with E-state index in [-0.39, 0.29) is 22.3 Å². The van der Waals surface area contributed by atoms with Gasteiger partial charge >= 0.3 is 0 Å². The Kier molecular flexibility index (Phi) is 4.77. The molecule has 1 saturated heterocycles. The summed E-state index contributed by atoms with van der Waals surface area (Å²) in [5.74, 6) is 0.250. The zero-order valence-corrected chi connectivity index (χ0v) is 13.3. The third-order valence-electron chi connectivity index (χ3n) is 3.60. The molecule has 0 spiro atoms. The van der Waals surface area contributed by atoms with Crippen molar-refractivity contribution in [2.45, 2.75) is 23.4 Å². The molecule has 0 amide bonds. The molecule has 0 atom stereocenters. The lowest BCUT2D eigenvalue weighted by atomic mass is 9.94. The van der Waals surface area contributed by atoms with Crippen LogP contribution in [0.5, 0.6) is 5.75 Å². The van der Waals surface area contributed by atoms with Gasteiger partial charge in [-0.2, -0.15) is 0 Å². The number of halogens is 2. The molecule has 0 aromatic heterocycles. The molecule has 0 unspecified atom stereocenters. The molecule has 0 aliphatic carbocycles. The Balaban J connectivity index is 2.04. The summed E-state index contributed by atoms with van der Waals surface area (Å²) in [6.07, 6.45) is 0.798. The first-order valence-corrected chi connectivity index (χ1v) is 8.45. The van der Waals surface area contributed by atoms with Crippen LogP contribution in [0, 0.1) is 0 Å². The molecule has 2 rings (SSSR count). The minimum atomic E-state index is -3.82. The first kappa shape index (κ1) is 16.5. The van der Waals surface area contributed by atoms with E-state index in [1.807, 2.05) is 7.05 Å². The number of benzene rings is 1. The van der Waals surface area contributed by atoms with Gasteiger partial charge in [0.25, 0.3) is 0 Å². The van der Waals surface area contributed by atoms with Crippen LogP contribution in [0.3, 0.4) is 0 Å². The van der Waals surface area contributed by atoms with Crippen LogP contribution in [-0.2, 0) is 10.0 Å². The van der Waals surface area contributed by atoms with Crippen molar-refractivity contribution in [3.8, 4) is 5.75 Å². The zero-order chi connectivity index (χ0) is 15.7. The molecule has 0 radical (unpaired) electrons. The second-order valence-corrected chi connectivity index (χ2v) is 7.35. The Morgan fingerprint density at radius 1 is 1.43 bits per heavy atom. The van der Waals surface area contributed by atoms with Gasteiger partial charge in [0.15, 0.2) is 0 Å². The fourth-order valence-corrected chi connectivity index (χ4v) is 2.99. The summed E-state index contributed by atoms with van der Waals surface area (Å²) < 4.78 is 42.3. The number of primary sulfonamides is 1. The van der Waals surface area contributed by atoms with Crippen molar-refractivity contribution < 1.29 is 17.5 Å². The highest BCUT2D eigenvalue weighted by atomic mass is 35.5. The SMILES string of the molecule is CN1CCC(F)(COc2ccc(S(N)(=O)=O)cc2Cl)CC1. The molecule has 8 heteroatoms. The van der Waals surface area contributed by atoms with Gasteiger partial charge in [-0.1, -0.05) is 11.6 Å². The molecule has 5 nitrogen and oxygen atoms in total. The fourth-order valence-electron chi connectivity index (χ4n) is 2.15. The number of nitrogens with two attached hydrogens (primary N) is 1. The standard InChI is InChI=1S/C13H18ClFN2O3S/c1-17-6-4-13(15,5-7-17)9-20-12-3-2-10(8-11(12)14)21(16,18)19/h2-3,8H,4-7,9H2,1H3,(H2,16,18,19). The monoisotopic (exact) mass is 336 g/mol. The van der Waals surface area contributed by atoms with Crippen LogP contribution in [0.4, 0.5) is 4.39 Å². The van der Waals surface area contributed by atoms with Gasteiger partial charge < -0.3 is 9.64 Å². The third-order valence-corrected chi connectivity index (χ3v) is 4.81. The average Bonchev–Trinajstić information content (AvgIpc) is 2.40. The quantitative estimate of drug-likeness (QED) is 0.910. The van der Waals surface area contributed by atoms with Gasteiger partial charge in [-0.3, -0.25) is 0 Å². The number of piperidine rings is 1. The van der Waals surface area contributed by atoms with Crippen LogP contribution < -0.4 is 9.88 Å². The van der Waals surface area contributed by atoms with Crippen molar-refractivity contribution in [2.75, 3.05) is 26.7 Å². The second-order valence-electron chi connectivity index (χ2n) is 5.38.